The van der Waals surface area contributed by atoms with Gasteiger partial charge in [-0.15, -0.1) is 0 Å². The van der Waals surface area contributed by atoms with Crippen LogP contribution in [0, 0.1) is 5.82 Å². The molecule has 0 unspecified atom stereocenters. The van der Waals surface area contributed by atoms with Crippen molar-refractivity contribution in [1.82, 2.24) is 0 Å². The van der Waals surface area contributed by atoms with Crippen LogP contribution in [0.2, 0.25) is 0 Å². The minimum Gasteiger partial charge on any atom is -0.379 e. The average molecular weight is 402 g/mol. The Morgan fingerprint density at radius 2 is 1.90 bits per heavy atom. The van der Waals surface area contributed by atoms with Crippen molar-refractivity contribution >= 4 is 43.5 Å². The highest BCUT2D eigenvalue weighted by molar-refractivity contribution is 9.13. The van der Waals surface area contributed by atoms with Crippen LogP contribution in [0.25, 0.3) is 0 Å². The molecule has 2 rings (SSSR count). The van der Waals surface area contributed by atoms with E-state index in [-0.39, 0.29) is 11.3 Å². The van der Waals surface area contributed by atoms with E-state index in [1.165, 1.54) is 18.2 Å². The number of hydrogen-bond acceptors (Lipinski definition) is 2. The highest BCUT2D eigenvalue weighted by Crippen LogP contribution is 2.24. The molecule has 0 aliphatic carbocycles. The second kappa shape index (κ2) is 6.37. The molecule has 0 aliphatic rings. The summed E-state index contributed by atoms with van der Waals surface area (Å²) in [5.74, 6) is -1.01. The van der Waals surface area contributed by atoms with E-state index in [0.29, 0.717) is 6.54 Å². The lowest BCUT2D eigenvalue weighted by Gasteiger charge is -2.09. The number of carbonyl (C=O) groups excluding carboxylic acids is 1. The van der Waals surface area contributed by atoms with Gasteiger partial charge in [-0.25, -0.2) is 4.39 Å². The molecule has 0 radical (unpaired) electrons. The minimum absolute atomic E-state index is 0.250. The van der Waals surface area contributed by atoms with Crippen molar-refractivity contribution in [2.75, 3.05) is 5.32 Å². The standard InChI is InChI=1S/C14H11Br2FN2O/c15-10-3-1-8(5-11(10)16)7-19-13-6-9(14(18)20)2-4-12(13)17/h1-6,19H,7H2,(H2,18,20). The van der Waals surface area contributed by atoms with Gasteiger partial charge >= 0.3 is 0 Å². The van der Waals surface area contributed by atoms with Gasteiger partial charge in [-0.2, -0.15) is 0 Å². The van der Waals surface area contributed by atoms with Gasteiger partial charge in [0.2, 0.25) is 5.91 Å². The fourth-order valence-corrected chi connectivity index (χ4v) is 2.33. The summed E-state index contributed by atoms with van der Waals surface area (Å²) in [5, 5.41) is 2.95. The van der Waals surface area contributed by atoms with Crippen LogP contribution in [-0.2, 0) is 6.54 Å². The van der Waals surface area contributed by atoms with Gasteiger partial charge in [0.15, 0.2) is 0 Å². The van der Waals surface area contributed by atoms with Crippen molar-refractivity contribution in [1.29, 1.82) is 0 Å². The summed E-state index contributed by atoms with van der Waals surface area (Å²) in [6.07, 6.45) is 0. The monoisotopic (exact) mass is 400 g/mol. The van der Waals surface area contributed by atoms with Crippen LogP contribution in [0.3, 0.4) is 0 Å². The number of halogens is 3. The molecule has 3 nitrogen and oxygen atoms in total. The van der Waals surface area contributed by atoms with Gasteiger partial charge in [0.05, 0.1) is 5.69 Å². The van der Waals surface area contributed by atoms with Gasteiger partial charge < -0.3 is 11.1 Å². The molecular weight excluding hydrogens is 391 g/mol. The summed E-state index contributed by atoms with van der Waals surface area (Å²) >= 11 is 6.79. The smallest absolute Gasteiger partial charge is 0.248 e. The van der Waals surface area contributed by atoms with E-state index < -0.39 is 11.7 Å². The van der Waals surface area contributed by atoms with E-state index in [2.05, 4.69) is 37.2 Å². The molecule has 0 atom stereocenters. The molecule has 0 spiro atoms. The third-order valence-corrected chi connectivity index (χ3v) is 4.60. The third-order valence-electron chi connectivity index (χ3n) is 2.72. The molecule has 104 valence electrons. The predicted molar refractivity (Wildman–Crippen MR) is 84.1 cm³/mol. The number of primary amides is 1. The number of nitrogens with one attached hydrogen (secondary N) is 1. The molecule has 0 aromatic heterocycles. The van der Waals surface area contributed by atoms with Crippen molar-refractivity contribution in [3.8, 4) is 0 Å². The van der Waals surface area contributed by atoms with Crippen LogP contribution >= 0.6 is 31.9 Å². The van der Waals surface area contributed by atoms with Gasteiger partial charge in [0.1, 0.15) is 5.82 Å². The van der Waals surface area contributed by atoms with E-state index in [4.69, 9.17) is 5.73 Å². The topological polar surface area (TPSA) is 55.1 Å². The zero-order valence-corrected chi connectivity index (χ0v) is 13.5. The molecule has 2 aromatic carbocycles. The SMILES string of the molecule is NC(=O)c1ccc(F)c(NCc2ccc(Br)c(Br)c2)c1. The number of benzene rings is 2. The van der Waals surface area contributed by atoms with Crippen LogP contribution in [0.1, 0.15) is 15.9 Å². The summed E-state index contributed by atoms with van der Waals surface area (Å²) in [6, 6.07) is 9.73. The molecule has 0 saturated heterocycles. The summed E-state index contributed by atoms with van der Waals surface area (Å²) in [4.78, 5) is 11.1. The molecular formula is C14H11Br2FN2O. The fraction of sp³-hybridized carbons (Fsp3) is 0.0714. The summed E-state index contributed by atoms with van der Waals surface area (Å²) < 4.78 is 15.5. The first-order valence-corrected chi connectivity index (χ1v) is 7.33. The minimum atomic E-state index is -0.584. The zero-order valence-electron chi connectivity index (χ0n) is 10.3. The average Bonchev–Trinajstić information content (AvgIpc) is 2.41. The number of nitrogens with two attached hydrogens (primary N) is 1. The summed E-state index contributed by atoms with van der Waals surface area (Å²) in [6.45, 7) is 0.436. The Hall–Kier alpha value is -1.40. The molecule has 0 bridgehead atoms. The van der Waals surface area contributed by atoms with Gasteiger partial charge in [-0.3, -0.25) is 4.79 Å². The zero-order chi connectivity index (χ0) is 14.7. The number of carbonyl (C=O) groups is 1. The van der Waals surface area contributed by atoms with Crippen molar-refractivity contribution in [2.24, 2.45) is 5.73 Å². The molecule has 1 amide bonds. The van der Waals surface area contributed by atoms with E-state index in [1.54, 1.807) is 0 Å². The number of hydrogen-bond donors (Lipinski definition) is 2. The lowest BCUT2D eigenvalue weighted by Crippen LogP contribution is -2.12. The van der Waals surface area contributed by atoms with E-state index in [0.717, 1.165) is 14.5 Å². The van der Waals surface area contributed by atoms with Crippen LogP contribution in [0.5, 0.6) is 0 Å². The number of anilines is 1. The molecule has 6 heteroatoms. The first-order chi connectivity index (χ1) is 9.47. The lowest BCUT2D eigenvalue weighted by molar-refractivity contribution is 0.100. The van der Waals surface area contributed by atoms with Crippen LogP contribution in [-0.4, -0.2) is 5.91 Å². The molecule has 0 heterocycles. The summed E-state index contributed by atoms with van der Waals surface area (Å²) in [5.41, 5.74) is 6.67. The Kier molecular flexibility index (Phi) is 4.77. The molecule has 0 aliphatic heterocycles. The molecule has 0 saturated carbocycles. The second-order valence-electron chi connectivity index (χ2n) is 4.16. The first kappa shape index (κ1) is 15.0. The third kappa shape index (κ3) is 3.58. The van der Waals surface area contributed by atoms with E-state index in [9.17, 15) is 9.18 Å². The molecule has 0 fully saturated rings. The largest absolute Gasteiger partial charge is 0.379 e. The Morgan fingerprint density at radius 1 is 1.15 bits per heavy atom. The van der Waals surface area contributed by atoms with Gasteiger partial charge in [-0.1, -0.05) is 6.07 Å². The van der Waals surface area contributed by atoms with Crippen LogP contribution in [0.15, 0.2) is 45.3 Å². The molecule has 3 N–H and O–H groups in total. The Balaban J connectivity index is 2.15. The van der Waals surface area contributed by atoms with Gasteiger partial charge in [0.25, 0.3) is 0 Å². The van der Waals surface area contributed by atoms with E-state index >= 15 is 0 Å². The Morgan fingerprint density at radius 3 is 2.55 bits per heavy atom. The van der Waals surface area contributed by atoms with Crippen molar-refractivity contribution in [3.05, 3.63) is 62.3 Å². The van der Waals surface area contributed by atoms with Gasteiger partial charge in [0, 0.05) is 21.1 Å². The fourth-order valence-electron chi connectivity index (χ4n) is 1.66. The Bertz CT molecular complexity index is 662. The maximum atomic E-state index is 13.6. The summed E-state index contributed by atoms with van der Waals surface area (Å²) in [7, 11) is 0. The second-order valence-corrected chi connectivity index (χ2v) is 5.87. The maximum absolute atomic E-state index is 13.6. The number of amides is 1. The molecule has 20 heavy (non-hydrogen) atoms. The Labute approximate surface area is 132 Å². The lowest BCUT2D eigenvalue weighted by atomic mass is 10.1. The highest BCUT2D eigenvalue weighted by Gasteiger charge is 2.07. The number of rotatable bonds is 4. The molecule has 2 aromatic rings. The highest BCUT2D eigenvalue weighted by atomic mass is 79.9. The van der Waals surface area contributed by atoms with E-state index in [1.807, 2.05) is 18.2 Å². The maximum Gasteiger partial charge on any atom is 0.248 e. The van der Waals surface area contributed by atoms with Crippen molar-refractivity contribution < 1.29 is 9.18 Å². The van der Waals surface area contributed by atoms with Crippen LogP contribution < -0.4 is 11.1 Å². The quantitative estimate of drug-likeness (QED) is 0.811. The van der Waals surface area contributed by atoms with Crippen molar-refractivity contribution in [2.45, 2.75) is 6.54 Å². The predicted octanol–water partition coefficient (Wildman–Crippen LogP) is 4.06. The van der Waals surface area contributed by atoms with Crippen LogP contribution in [0.4, 0.5) is 10.1 Å². The van der Waals surface area contributed by atoms with Gasteiger partial charge in [-0.05, 0) is 67.8 Å². The van der Waals surface area contributed by atoms with Crippen molar-refractivity contribution in [3.63, 3.8) is 0 Å². The first-order valence-electron chi connectivity index (χ1n) is 5.74. The normalized spacial score (nSPS) is 10.3.